The fourth-order valence-electron chi connectivity index (χ4n) is 2.60. The molecule has 6 heteroatoms. The molecule has 0 unspecified atom stereocenters. The van der Waals surface area contributed by atoms with Gasteiger partial charge in [0.2, 0.25) is 0 Å². The van der Waals surface area contributed by atoms with Crippen molar-refractivity contribution >= 4 is 5.57 Å². The fraction of sp³-hybridized carbons (Fsp3) is 0.476. The third kappa shape index (κ3) is 6.86. The molecule has 27 heavy (non-hydrogen) atoms. The van der Waals surface area contributed by atoms with Crippen molar-refractivity contribution < 1.29 is 28.4 Å². The molecule has 2 aliphatic rings. The van der Waals surface area contributed by atoms with Crippen LogP contribution >= 0.6 is 0 Å². The van der Waals surface area contributed by atoms with E-state index in [0.717, 1.165) is 11.1 Å². The average Bonchev–Trinajstić information content (AvgIpc) is 3.22. The average molecular weight is 374 g/mol. The molecule has 1 aliphatic heterocycles. The summed E-state index contributed by atoms with van der Waals surface area (Å²) in [6.45, 7) is 5.09. The highest BCUT2D eigenvalue weighted by molar-refractivity contribution is 5.77. The van der Waals surface area contributed by atoms with Crippen molar-refractivity contribution in [2.45, 2.75) is 0 Å². The minimum atomic E-state index is 0.435. The highest BCUT2D eigenvalue weighted by Crippen LogP contribution is 2.31. The van der Waals surface area contributed by atoms with Crippen molar-refractivity contribution in [3.8, 4) is 11.5 Å². The van der Waals surface area contributed by atoms with Crippen LogP contribution in [0.1, 0.15) is 5.56 Å². The van der Waals surface area contributed by atoms with Gasteiger partial charge in [0.1, 0.15) is 13.2 Å². The Morgan fingerprint density at radius 2 is 1.19 bits per heavy atom. The van der Waals surface area contributed by atoms with Crippen LogP contribution in [0.5, 0.6) is 11.5 Å². The Hall–Kier alpha value is -2.08. The molecule has 1 aromatic carbocycles. The lowest BCUT2D eigenvalue weighted by atomic mass is 10.1. The summed E-state index contributed by atoms with van der Waals surface area (Å²) in [7, 11) is 0. The maximum atomic E-state index is 5.91. The molecule has 0 saturated heterocycles. The summed E-state index contributed by atoms with van der Waals surface area (Å²) in [5.74, 6) is 1.38. The van der Waals surface area contributed by atoms with Crippen LogP contribution in [0.2, 0.25) is 0 Å². The summed E-state index contributed by atoms with van der Waals surface area (Å²) in [6, 6.07) is 5.89. The van der Waals surface area contributed by atoms with Gasteiger partial charge in [0.05, 0.1) is 52.9 Å². The van der Waals surface area contributed by atoms with Gasteiger partial charge in [-0.2, -0.15) is 0 Å². The highest BCUT2D eigenvalue weighted by Gasteiger charge is 2.10. The van der Waals surface area contributed by atoms with Crippen LogP contribution in [-0.4, -0.2) is 66.1 Å². The summed E-state index contributed by atoms with van der Waals surface area (Å²) < 4.78 is 33.7. The molecule has 1 aliphatic carbocycles. The molecule has 6 nitrogen and oxygen atoms in total. The zero-order chi connectivity index (χ0) is 18.6. The van der Waals surface area contributed by atoms with Gasteiger partial charge >= 0.3 is 0 Å². The SMILES string of the molecule is C1=CC=CC=1c1ccc2c(c1)OCCOCCOCCOCCOCCO2. The number of ether oxygens (including phenoxy) is 6. The van der Waals surface area contributed by atoms with E-state index >= 15 is 0 Å². The predicted molar refractivity (Wildman–Crippen MR) is 101 cm³/mol. The normalized spacial score (nSPS) is 19.9. The van der Waals surface area contributed by atoms with E-state index in [1.165, 1.54) is 0 Å². The Balaban J connectivity index is 1.61. The molecular weight excluding hydrogens is 348 g/mol. The van der Waals surface area contributed by atoms with E-state index in [1.54, 1.807) is 0 Å². The van der Waals surface area contributed by atoms with Crippen molar-refractivity contribution in [1.29, 1.82) is 0 Å². The molecule has 0 spiro atoms. The highest BCUT2D eigenvalue weighted by atomic mass is 16.6. The van der Waals surface area contributed by atoms with Crippen molar-refractivity contribution in [2.75, 3.05) is 66.1 Å². The summed E-state index contributed by atoms with van der Waals surface area (Å²) in [5, 5.41) is 0. The first-order valence-corrected chi connectivity index (χ1v) is 9.28. The molecule has 146 valence electrons. The fourth-order valence-corrected chi connectivity index (χ4v) is 2.60. The van der Waals surface area contributed by atoms with E-state index in [1.807, 2.05) is 36.4 Å². The monoisotopic (exact) mass is 374 g/mol. The lowest BCUT2D eigenvalue weighted by Crippen LogP contribution is -2.16. The molecular formula is C21H26O6. The van der Waals surface area contributed by atoms with Crippen LogP contribution in [0, 0.1) is 0 Å². The van der Waals surface area contributed by atoms with Crippen molar-refractivity contribution in [3.63, 3.8) is 0 Å². The molecule has 0 bridgehead atoms. The van der Waals surface area contributed by atoms with Crippen LogP contribution in [0.3, 0.4) is 0 Å². The lowest BCUT2D eigenvalue weighted by molar-refractivity contribution is -0.00841. The first-order valence-electron chi connectivity index (χ1n) is 9.28. The summed E-state index contributed by atoms with van der Waals surface area (Å²) >= 11 is 0. The Labute approximate surface area is 160 Å². The third-order valence-electron chi connectivity index (χ3n) is 3.94. The van der Waals surface area contributed by atoms with E-state index < -0.39 is 0 Å². The number of hydrogen-bond donors (Lipinski definition) is 0. The molecule has 1 heterocycles. The van der Waals surface area contributed by atoms with E-state index in [-0.39, 0.29) is 0 Å². The second-order valence-electron chi connectivity index (χ2n) is 5.89. The molecule has 1 aromatic rings. The molecule has 0 aromatic heterocycles. The van der Waals surface area contributed by atoms with Gasteiger partial charge in [0.25, 0.3) is 0 Å². The number of benzene rings is 1. The van der Waals surface area contributed by atoms with Gasteiger partial charge in [-0.1, -0.05) is 6.08 Å². The summed E-state index contributed by atoms with van der Waals surface area (Å²) in [4.78, 5) is 0. The topological polar surface area (TPSA) is 55.4 Å². The predicted octanol–water partition coefficient (Wildman–Crippen LogP) is 2.63. The van der Waals surface area contributed by atoms with Gasteiger partial charge in [0.15, 0.2) is 11.5 Å². The van der Waals surface area contributed by atoms with E-state index in [0.29, 0.717) is 77.6 Å². The Morgan fingerprint density at radius 1 is 0.630 bits per heavy atom. The Morgan fingerprint density at radius 3 is 1.74 bits per heavy atom. The van der Waals surface area contributed by atoms with Crippen LogP contribution in [-0.2, 0) is 18.9 Å². The first-order chi connectivity index (χ1) is 13.4. The standard InChI is InChI=1S/C21H26O6/c1-2-4-18(3-1)19-5-6-20-21(17-19)27-16-14-25-12-10-23-8-7-22-9-11-24-13-15-26-20/h1-3,5-6,17H,7-16H2. The molecule has 0 fully saturated rings. The van der Waals surface area contributed by atoms with Crippen molar-refractivity contribution in [1.82, 2.24) is 0 Å². The minimum Gasteiger partial charge on any atom is -0.487 e. The maximum Gasteiger partial charge on any atom is 0.161 e. The molecule has 0 radical (unpaired) electrons. The van der Waals surface area contributed by atoms with E-state index in [2.05, 4.69) is 5.73 Å². The molecule has 0 amide bonds. The number of fused-ring (bicyclic) bond motifs is 1. The second kappa shape index (κ2) is 11.6. The van der Waals surface area contributed by atoms with Gasteiger partial charge in [0, 0.05) is 5.57 Å². The smallest absolute Gasteiger partial charge is 0.161 e. The number of allylic oxidation sites excluding steroid dienone is 3. The molecule has 0 N–H and O–H groups in total. The van der Waals surface area contributed by atoms with Gasteiger partial charge < -0.3 is 28.4 Å². The lowest BCUT2D eigenvalue weighted by Gasteiger charge is -2.15. The number of rotatable bonds is 1. The summed E-state index contributed by atoms with van der Waals surface area (Å²) in [6.07, 6.45) is 5.88. The van der Waals surface area contributed by atoms with Crippen LogP contribution < -0.4 is 9.47 Å². The zero-order valence-electron chi connectivity index (χ0n) is 15.5. The minimum absolute atomic E-state index is 0.435. The van der Waals surface area contributed by atoms with Gasteiger partial charge in [-0.15, -0.1) is 5.73 Å². The van der Waals surface area contributed by atoms with Gasteiger partial charge in [-0.3, -0.25) is 0 Å². The third-order valence-corrected chi connectivity index (χ3v) is 3.94. The number of hydrogen-bond acceptors (Lipinski definition) is 6. The van der Waals surface area contributed by atoms with Crippen LogP contribution in [0.25, 0.3) is 5.57 Å². The first kappa shape index (κ1) is 19.7. The van der Waals surface area contributed by atoms with Gasteiger partial charge in [-0.25, -0.2) is 0 Å². The van der Waals surface area contributed by atoms with Gasteiger partial charge in [-0.05, 0) is 35.9 Å². The summed E-state index contributed by atoms with van der Waals surface area (Å²) in [5.41, 5.74) is 5.26. The van der Waals surface area contributed by atoms with Crippen LogP contribution in [0.15, 0.2) is 42.2 Å². The van der Waals surface area contributed by atoms with Crippen LogP contribution in [0.4, 0.5) is 0 Å². The van der Waals surface area contributed by atoms with Crippen molar-refractivity contribution in [3.05, 3.63) is 47.7 Å². The Bertz CT molecular complexity index is 675. The maximum absolute atomic E-state index is 5.91. The van der Waals surface area contributed by atoms with E-state index in [4.69, 9.17) is 28.4 Å². The zero-order valence-corrected chi connectivity index (χ0v) is 15.5. The quantitative estimate of drug-likeness (QED) is 0.705. The van der Waals surface area contributed by atoms with Crippen molar-refractivity contribution in [2.24, 2.45) is 0 Å². The molecule has 0 saturated carbocycles. The van der Waals surface area contributed by atoms with E-state index in [9.17, 15) is 0 Å². The molecule has 0 atom stereocenters. The largest absolute Gasteiger partial charge is 0.487 e. The second-order valence-corrected chi connectivity index (χ2v) is 5.89. The Kier molecular flexibility index (Phi) is 8.45. The molecule has 3 rings (SSSR count).